The first-order chi connectivity index (χ1) is 9.38. The molecule has 0 heterocycles. The number of benzene rings is 1. The molecule has 0 spiro atoms. The van der Waals surface area contributed by atoms with E-state index in [9.17, 15) is 0 Å². The normalized spacial score (nSPS) is 10.6. The van der Waals surface area contributed by atoms with E-state index in [1.807, 2.05) is 6.07 Å². The van der Waals surface area contributed by atoms with Crippen LogP contribution in [0.25, 0.3) is 0 Å². The van der Waals surface area contributed by atoms with E-state index < -0.39 is 0 Å². The van der Waals surface area contributed by atoms with Crippen LogP contribution in [-0.4, -0.2) is 6.54 Å². The Morgan fingerprint density at radius 1 is 0.895 bits per heavy atom. The van der Waals surface area contributed by atoms with E-state index in [1.54, 1.807) is 0 Å². The first kappa shape index (κ1) is 16.4. The van der Waals surface area contributed by atoms with Gasteiger partial charge in [0.15, 0.2) is 0 Å². The van der Waals surface area contributed by atoms with E-state index in [1.165, 1.54) is 62.6 Å². The third-order valence-electron chi connectivity index (χ3n) is 3.51. The lowest BCUT2D eigenvalue weighted by atomic mass is 10.1. The fraction of sp³-hybridized carbons (Fsp3) is 0.647. The molecule has 1 aromatic carbocycles. The van der Waals surface area contributed by atoms with Crippen molar-refractivity contribution < 1.29 is 0 Å². The van der Waals surface area contributed by atoms with Crippen molar-refractivity contribution in [3.05, 3.63) is 29.8 Å². The minimum Gasteiger partial charge on any atom is -0.385 e. The molecule has 0 aliphatic carbocycles. The van der Waals surface area contributed by atoms with Gasteiger partial charge in [-0.05, 0) is 18.1 Å². The maximum Gasteiger partial charge on any atom is 0.0494 e. The zero-order chi connectivity index (χ0) is 13.8. The number of hydrogen-bond donors (Lipinski definition) is 1. The third-order valence-corrected chi connectivity index (χ3v) is 3.80. The summed E-state index contributed by atoms with van der Waals surface area (Å²) >= 11 is 5.92. The molecule has 108 valence electrons. The molecule has 0 saturated carbocycles. The first-order valence-electron chi connectivity index (χ1n) is 7.76. The molecule has 0 atom stereocenters. The molecule has 1 N–H and O–H groups in total. The Morgan fingerprint density at radius 2 is 1.53 bits per heavy atom. The number of alkyl halides is 1. The topological polar surface area (TPSA) is 12.0 Å². The van der Waals surface area contributed by atoms with Crippen molar-refractivity contribution in [3.8, 4) is 0 Å². The molecular weight excluding hydrogens is 254 g/mol. The lowest BCUT2D eigenvalue weighted by Crippen LogP contribution is -2.03. The van der Waals surface area contributed by atoms with Crippen molar-refractivity contribution >= 4 is 17.3 Å². The van der Waals surface area contributed by atoms with Gasteiger partial charge in [0.05, 0.1) is 0 Å². The van der Waals surface area contributed by atoms with Crippen LogP contribution >= 0.6 is 11.6 Å². The number of unbranched alkanes of at least 4 members (excludes halogenated alkanes) is 7. The summed E-state index contributed by atoms with van der Waals surface area (Å²) in [5, 5.41) is 3.49. The fourth-order valence-corrected chi connectivity index (χ4v) is 2.52. The van der Waals surface area contributed by atoms with E-state index in [-0.39, 0.29) is 0 Å². The summed E-state index contributed by atoms with van der Waals surface area (Å²) in [6, 6.07) is 8.30. The van der Waals surface area contributed by atoms with Gasteiger partial charge in [-0.15, -0.1) is 11.6 Å². The van der Waals surface area contributed by atoms with Crippen LogP contribution in [0.2, 0.25) is 0 Å². The molecule has 19 heavy (non-hydrogen) atoms. The molecule has 0 radical (unpaired) electrons. The smallest absolute Gasteiger partial charge is 0.0494 e. The van der Waals surface area contributed by atoms with Gasteiger partial charge in [-0.25, -0.2) is 0 Å². The minimum absolute atomic E-state index is 0.584. The summed E-state index contributed by atoms with van der Waals surface area (Å²) < 4.78 is 0. The van der Waals surface area contributed by atoms with Gasteiger partial charge in [0.1, 0.15) is 0 Å². The maximum atomic E-state index is 5.92. The van der Waals surface area contributed by atoms with E-state index in [0.29, 0.717) is 5.88 Å². The van der Waals surface area contributed by atoms with E-state index >= 15 is 0 Å². The van der Waals surface area contributed by atoms with Crippen LogP contribution in [0.15, 0.2) is 24.3 Å². The molecule has 0 amide bonds. The summed E-state index contributed by atoms with van der Waals surface area (Å²) in [6.45, 7) is 3.33. The van der Waals surface area contributed by atoms with E-state index in [2.05, 4.69) is 30.4 Å². The van der Waals surface area contributed by atoms with Gasteiger partial charge in [0.25, 0.3) is 0 Å². The highest BCUT2D eigenvalue weighted by molar-refractivity contribution is 6.17. The second-order valence-corrected chi connectivity index (χ2v) is 5.46. The Bertz CT molecular complexity index is 325. The van der Waals surface area contributed by atoms with Crippen molar-refractivity contribution in [2.75, 3.05) is 11.9 Å². The highest BCUT2D eigenvalue weighted by Gasteiger charge is 1.98. The number of halogens is 1. The molecule has 0 unspecified atom stereocenters. The quantitative estimate of drug-likeness (QED) is 0.389. The van der Waals surface area contributed by atoms with Crippen LogP contribution in [0.3, 0.4) is 0 Å². The van der Waals surface area contributed by atoms with Gasteiger partial charge in [-0.3, -0.25) is 0 Å². The summed E-state index contributed by atoms with van der Waals surface area (Å²) in [5.41, 5.74) is 2.39. The average Bonchev–Trinajstić information content (AvgIpc) is 2.46. The summed E-state index contributed by atoms with van der Waals surface area (Å²) in [5.74, 6) is 0.584. The van der Waals surface area contributed by atoms with Gasteiger partial charge in [0, 0.05) is 18.1 Å². The van der Waals surface area contributed by atoms with Gasteiger partial charge in [0.2, 0.25) is 0 Å². The van der Waals surface area contributed by atoms with Crippen LogP contribution in [0.1, 0.15) is 63.9 Å². The molecule has 1 aromatic rings. The Morgan fingerprint density at radius 3 is 2.21 bits per heavy atom. The van der Waals surface area contributed by atoms with Crippen LogP contribution < -0.4 is 5.32 Å². The fourth-order valence-electron chi connectivity index (χ4n) is 2.29. The molecule has 1 rings (SSSR count). The maximum absolute atomic E-state index is 5.92. The molecule has 2 heteroatoms. The van der Waals surface area contributed by atoms with Crippen molar-refractivity contribution in [2.24, 2.45) is 0 Å². The standard InChI is InChI=1S/C17H28ClN/c1-2-3-4-5-6-7-8-11-14-19-17-13-10-9-12-16(17)15-18/h9-10,12-13,19H,2-8,11,14-15H2,1H3. The lowest BCUT2D eigenvalue weighted by molar-refractivity contribution is 0.581. The lowest BCUT2D eigenvalue weighted by Gasteiger charge is -2.10. The molecule has 1 nitrogen and oxygen atoms in total. The summed E-state index contributed by atoms with van der Waals surface area (Å²) in [6.07, 6.45) is 10.9. The Hall–Kier alpha value is -0.690. The summed E-state index contributed by atoms with van der Waals surface area (Å²) in [7, 11) is 0. The third kappa shape index (κ3) is 7.47. The largest absolute Gasteiger partial charge is 0.385 e. The van der Waals surface area contributed by atoms with Crippen LogP contribution in [0.5, 0.6) is 0 Å². The number of rotatable bonds is 11. The van der Waals surface area contributed by atoms with Gasteiger partial charge < -0.3 is 5.32 Å². The van der Waals surface area contributed by atoms with Crippen molar-refractivity contribution in [1.82, 2.24) is 0 Å². The average molecular weight is 282 g/mol. The Balaban J connectivity index is 2.01. The monoisotopic (exact) mass is 281 g/mol. The second kappa shape index (κ2) is 11.2. The van der Waals surface area contributed by atoms with Crippen LogP contribution in [0, 0.1) is 0 Å². The molecule has 0 fully saturated rings. The van der Waals surface area contributed by atoms with Crippen molar-refractivity contribution in [2.45, 2.75) is 64.2 Å². The van der Waals surface area contributed by atoms with Crippen molar-refractivity contribution in [3.63, 3.8) is 0 Å². The predicted octanol–water partition coefficient (Wildman–Crippen LogP) is 5.98. The van der Waals surface area contributed by atoms with Gasteiger partial charge in [-0.1, -0.05) is 70.1 Å². The van der Waals surface area contributed by atoms with Gasteiger partial charge in [-0.2, -0.15) is 0 Å². The van der Waals surface area contributed by atoms with Crippen molar-refractivity contribution in [1.29, 1.82) is 0 Å². The van der Waals surface area contributed by atoms with Crippen LogP contribution in [0.4, 0.5) is 5.69 Å². The second-order valence-electron chi connectivity index (χ2n) is 5.19. The number of anilines is 1. The zero-order valence-corrected chi connectivity index (χ0v) is 13.0. The molecule has 0 aliphatic rings. The molecule has 0 saturated heterocycles. The van der Waals surface area contributed by atoms with Crippen LogP contribution in [-0.2, 0) is 5.88 Å². The van der Waals surface area contributed by atoms with E-state index in [4.69, 9.17) is 11.6 Å². The number of hydrogen-bond acceptors (Lipinski definition) is 1. The number of para-hydroxylation sites is 1. The summed E-state index contributed by atoms with van der Waals surface area (Å²) in [4.78, 5) is 0. The minimum atomic E-state index is 0.584. The molecular formula is C17H28ClN. The molecule has 0 aliphatic heterocycles. The molecule has 0 aromatic heterocycles. The highest BCUT2D eigenvalue weighted by Crippen LogP contribution is 2.17. The Labute approximate surface area is 123 Å². The predicted molar refractivity (Wildman–Crippen MR) is 87.1 cm³/mol. The number of nitrogens with one attached hydrogen (secondary N) is 1. The molecule has 0 bridgehead atoms. The Kier molecular flexibility index (Phi) is 9.61. The highest BCUT2D eigenvalue weighted by atomic mass is 35.5. The zero-order valence-electron chi connectivity index (χ0n) is 12.3. The van der Waals surface area contributed by atoms with Gasteiger partial charge >= 0.3 is 0 Å². The first-order valence-corrected chi connectivity index (χ1v) is 8.29. The SMILES string of the molecule is CCCCCCCCCCNc1ccccc1CCl. The van der Waals surface area contributed by atoms with E-state index in [0.717, 1.165) is 6.54 Å².